The van der Waals surface area contributed by atoms with Crippen molar-refractivity contribution >= 4 is 49.0 Å². The summed E-state index contributed by atoms with van der Waals surface area (Å²) < 4.78 is 15.8. The standard InChI is InChI=1S/C24H32BClO4.C23H30BClO4/c1-5-30-23(27)24(2,17-29-4)15-19(16-25(3)28)13-18-9-11-20(12-10-18)21-7-6-8-22(26)14-21;1-4-29-22(27)23(2,16-26)14-18(15-24(3)28)12-17-8-10-19(11-9-17)20-6-5-7-21(25)13-20/h6-12,14,19,28H,5,13,15-17H2,1-4H3;5-11,13,18,26,28H,4,12,14-16H2,1-3H3/t19-,24+;18-,23+/m11/s1. The highest BCUT2D eigenvalue weighted by molar-refractivity contribution is 6.48. The fourth-order valence-electron chi connectivity index (χ4n) is 7.73. The summed E-state index contributed by atoms with van der Waals surface area (Å²) in [4.78, 5) is 24.9. The van der Waals surface area contributed by atoms with Crippen molar-refractivity contribution in [1.82, 2.24) is 0 Å². The number of benzene rings is 4. The van der Waals surface area contributed by atoms with Gasteiger partial charge in [0.05, 0.1) is 37.3 Å². The monoisotopic (exact) mass is 846 g/mol. The maximum absolute atomic E-state index is 12.6. The number of ether oxygens (including phenoxy) is 3. The minimum atomic E-state index is -0.976. The minimum absolute atomic E-state index is 0.0357. The molecule has 0 radical (unpaired) electrons. The number of aliphatic hydroxyl groups is 1. The minimum Gasteiger partial charge on any atom is -0.466 e. The summed E-state index contributed by atoms with van der Waals surface area (Å²) in [6.45, 7) is 10.4. The van der Waals surface area contributed by atoms with Crippen molar-refractivity contribution in [2.45, 2.75) is 79.7 Å². The van der Waals surface area contributed by atoms with E-state index in [1.54, 1.807) is 41.5 Å². The van der Waals surface area contributed by atoms with Gasteiger partial charge in [0.2, 0.25) is 0 Å². The van der Waals surface area contributed by atoms with Gasteiger partial charge in [-0.3, -0.25) is 9.59 Å². The van der Waals surface area contributed by atoms with Crippen LogP contribution in [-0.4, -0.2) is 74.5 Å². The van der Waals surface area contributed by atoms with E-state index in [0.29, 0.717) is 48.6 Å². The number of halogens is 2. The molecule has 8 nitrogen and oxygen atoms in total. The third-order valence-corrected chi connectivity index (χ3v) is 10.9. The van der Waals surface area contributed by atoms with E-state index in [1.165, 1.54) is 0 Å². The first-order valence-electron chi connectivity index (χ1n) is 20.5. The van der Waals surface area contributed by atoms with Gasteiger partial charge in [-0.15, -0.1) is 0 Å². The normalized spacial score (nSPS) is 14.1. The summed E-state index contributed by atoms with van der Waals surface area (Å²) in [5, 5.41) is 31.2. The second kappa shape index (κ2) is 24.6. The molecular formula is C47H62B2Cl2O8. The average molecular weight is 848 g/mol. The Kier molecular flexibility index (Phi) is 20.7. The van der Waals surface area contributed by atoms with Crippen molar-refractivity contribution in [3.63, 3.8) is 0 Å². The first-order chi connectivity index (χ1) is 28.0. The number of hydrogen-bond donors (Lipinski definition) is 3. The van der Waals surface area contributed by atoms with Crippen LogP contribution in [-0.2, 0) is 36.6 Å². The number of carbonyl (C=O) groups is 2. The van der Waals surface area contributed by atoms with Crippen LogP contribution in [0.25, 0.3) is 22.3 Å². The van der Waals surface area contributed by atoms with Gasteiger partial charge in [-0.05, 0) is 136 Å². The number of carbonyl (C=O) groups excluding carboxylic acids is 2. The van der Waals surface area contributed by atoms with Crippen LogP contribution in [0.15, 0.2) is 97.1 Å². The number of hydrogen-bond acceptors (Lipinski definition) is 8. The molecule has 0 fully saturated rings. The van der Waals surface area contributed by atoms with Crippen molar-refractivity contribution in [3.05, 3.63) is 118 Å². The Morgan fingerprint density at radius 3 is 1.37 bits per heavy atom. The molecule has 0 aromatic heterocycles. The van der Waals surface area contributed by atoms with Crippen molar-refractivity contribution < 1.29 is 39.0 Å². The van der Waals surface area contributed by atoms with Gasteiger partial charge in [-0.25, -0.2) is 0 Å². The molecule has 0 spiro atoms. The van der Waals surface area contributed by atoms with Crippen molar-refractivity contribution in [1.29, 1.82) is 0 Å². The molecule has 59 heavy (non-hydrogen) atoms. The number of methoxy groups -OCH3 is 1. The van der Waals surface area contributed by atoms with Crippen LogP contribution in [0.1, 0.15) is 51.7 Å². The van der Waals surface area contributed by atoms with E-state index in [1.807, 2.05) is 55.5 Å². The van der Waals surface area contributed by atoms with E-state index < -0.39 is 30.6 Å². The first kappa shape index (κ1) is 49.7. The maximum atomic E-state index is 12.6. The smallest absolute Gasteiger partial charge is 0.314 e. The predicted octanol–water partition coefficient (Wildman–Crippen LogP) is 10.1. The van der Waals surface area contributed by atoms with Crippen LogP contribution in [0.5, 0.6) is 0 Å². The zero-order valence-electron chi connectivity index (χ0n) is 35.8. The molecule has 4 atom stereocenters. The number of esters is 2. The Balaban J connectivity index is 0.000000316. The fourth-order valence-corrected chi connectivity index (χ4v) is 8.11. The zero-order chi connectivity index (χ0) is 43.6. The summed E-state index contributed by atoms with van der Waals surface area (Å²) in [7, 11) is 1.59. The third kappa shape index (κ3) is 16.4. The lowest BCUT2D eigenvalue weighted by atomic mass is 9.60. The Morgan fingerprint density at radius 2 is 1.03 bits per heavy atom. The molecule has 0 bridgehead atoms. The van der Waals surface area contributed by atoms with Crippen LogP contribution >= 0.6 is 23.2 Å². The van der Waals surface area contributed by atoms with Crippen LogP contribution in [0.3, 0.4) is 0 Å². The van der Waals surface area contributed by atoms with Gasteiger partial charge in [-0.2, -0.15) is 0 Å². The van der Waals surface area contributed by atoms with Crippen LogP contribution in [0.4, 0.5) is 0 Å². The molecule has 318 valence electrons. The van der Waals surface area contributed by atoms with Crippen molar-refractivity contribution in [2.24, 2.45) is 22.7 Å². The zero-order valence-corrected chi connectivity index (χ0v) is 37.3. The summed E-state index contributed by atoms with van der Waals surface area (Å²) in [6, 6.07) is 32.1. The Labute approximate surface area is 362 Å². The van der Waals surface area contributed by atoms with Gasteiger partial charge < -0.3 is 29.4 Å². The van der Waals surface area contributed by atoms with E-state index in [2.05, 4.69) is 48.5 Å². The van der Waals surface area contributed by atoms with Crippen molar-refractivity contribution in [2.75, 3.05) is 33.5 Å². The largest absolute Gasteiger partial charge is 0.466 e. The first-order valence-corrected chi connectivity index (χ1v) is 21.3. The second-order valence-electron chi connectivity index (χ2n) is 16.3. The molecule has 0 aliphatic rings. The number of aliphatic hydroxyl groups excluding tert-OH is 1. The summed E-state index contributed by atoms with van der Waals surface area (Å²) in [5.41, 5.74) is 4.87. The van der Waals surface area contributed by atoms with E-state index in [4.69, 9.17) is 37.4 Å². The quantitative estimate of drug-likeness (QED) is 0.0560. The molecule has 4 rings (SSSR count). The highest BCUT2D eigenvalue weighted by Crippen LogP contribution is 2.35. The van der Waals surface area contributed by atoms with Crippen molar-refractivity contribution in [3.8, 4) is 22.3 Å². The molecular weight excluding hydrogens is 785 g/mol. The highest BCUT2D eigenvalue weighted by atomic mass is 35.5. The van der Waals surface area contributed by atoms with E-state index in [0.717, 1.165) is 39.8 Å². The maximum Gasteiger partial charge on any atom is 0.314 e. The van der Waals surface area contributed by atoms with Gasteiger partial charge in [0.25, 0.3) is 13.8 Å². The lowest BCUT2D eigenvalue weighted by Gasteiger charge is -2.31. The third-order valence-electron chi connectivity index (χ3n) is 10.4. The van der Waals surface area contributed by atoms with Crippen LogP contribution < -0.4 is 0 Å². The fraction of sp³-hybridized carbons (Fsp3) is 0.447. The topological polar surface area (TPSA) is 123 Å². The van der Waals surface area contributed by atoms with Gasteiger partial charge >= 0.3 is 11.9 Å². The Bertz CT molecular complexity index is 1870. The molecule has 0 aliphatic carbocycles. The van der Waals surface area contributed by atoms with Gasteiger partial charge in [-0.1, -0.05) is 110 Å². The lowest BCUT2D eigenvalue weighted by molar-refractivity contribution is -0.159. The lowest BCUT2D eigenvalue weighted by Crippen LogP contribution is -2.37. The molecule has 0 unspecified atom stereocenters. The molecule has 4 aromatic rings. The van der Waals surface area contributed by atoms with Gasteiger partial charge in [0.1, 0.15) is 0 Å². The Morgan fingerprint density at radius 1 is 0.644 bits per heavy atom. The molecule has 0 saturated carbocycles. The van der Waals surface area contributed by atoms with E-state index in [9.17, 15) is 24.7 Å². The molecule has 0 heterocycles. The molecule has 12 heteroatoms. The van der Waals surface area contributed by atoms with E-state index in [-0.39, 0.29) is 37.6 Å². The summed E-state index contributed by atoms with van der Waals surface area (Å²) >= 11 is 12.2. The SMILES string of the molecule is CCOC(=O)[C@](C)(CO)C[C@H](CB(C)O)Cc1ccc(-c2cccc(Cl)c2)cc1.CCOC(=O)[C@](C)(COC)C[C@H](CB(C)O)Cc1ccc(-c2cccc(Cl)c2)cc1. The highest BCUT2D eigenvalue weighted by Gasteiger charge is 2.39. The number of rotatable bonds is 21. The molecule has 0 saturated heterocycles. The average Bonchev–Trinajstić information content (AvgIpc) is 3.18. The predicted molar refractivity (Wildman–Crippen MR) is 243 cm³/mol. The van der Waals surface area contributed by atoms with Gasteiger partial charge in [0, 0.05) is 17.2 Å². The summed E-state index contributed by atoms with van der Waals surface area (Å²) in [5.74, 6) is -0.492. The molecule has 0 amide bonds. The van der Waals surface area contributed by atoms with E-state index >= 15 is 0 Å². The molecule has 4 aromatic carbocycles. The van der Waals surface area contributed by atoms with Gasteiger partial charge in [0.15, 0.2) is 0 Å². The summed E-state index contributed by atoms with van der Waals surface area (Å²) in [6.07, 6.45) is 3.65. The molecule has 3 N–H and O–H groups in total. The van der Waals surface area contributed by atoms with Crippen LogP contribution in [0, 0.1) is 22.7 Å². The second-order valence-corrected chi connectivity index (χ2v) is 17.2. The molecule has 0 aliphatic heterocycles. The van der Waals surface area contributed by atoms with Crippen LogP contribution in [0.2, 0.25) is 36.3 Å². The Hall–Kier alpha value is -3.63.